The van der Waals surface area contributed by atoms with Crippen LogP contribution in [-0.4, -0.2) is 25.0 Å². The SMILES string of the molecule is C=C(C)C.C=C(C)C(CCCC(C)C)C1C(CC)CC2(C)C1CCC1C2CCC2CCCCC21C.CCCCN(C)CCCC. The zero-order valence-electron chi connectivity index (χ0n) is 32.9. The highest BCUT2D eigenvalue weighted by Gasteiger charge is 2.62. The Hall–Kier alpha value is -0.560. The molecule has 0 N–H and O–H groups in total. The van der Waals surface area contributed by atoms with Crippen molar-refractivity contribution in [3.63, 3.8) is 0 Å². The third-order valence-electron chi connectivity index (χ3n) is 13.5. The lowest BCUT2D eigenvalue weighted by atomic mass is 9.43. The molecule has 0 aliphatic heterocycles. The molecule has 0 aromatic heterocycles. The minimum atomic E-state index is 0.603. The summed E-state index contributed by atoms with van der Waals surface area (Å²) in [7, 11) is 2.21. The summed E-state index contributed by atoms with van der Waals surface area (Å²) in [5.41, 5.74) is 3.94. The van der Waals surface area contributed by atoms with Gasteiger partial charge in [0.05, 0.1) is 0 Å². The number of allylic oxidation sites excluding steroid dienone is 2. The molecule has 0 radical (unpaired) electrons. The predicted molar refractivity (Wildman–Crippen MR) is 204 cm³/mol. The number of rotatable bonds is 13. The number of unbranched alkanes of at least 4 members (excludes halogenated alkanes) is 2. The molecule has 0 aromatic rings. The van der Waals surface area contributed by atoms with Gasteiger partial charge < -0.3 is 4.90 Å². The summed E-state index contributed by atoms with van der Waals surface area (Å²) < 4.78 is 0. The monoisotopic (exact) mass is 626 g/mol. The normalized spacial score (nSPS) is 34.4. The molecule has 4 rings (SSSR count). The van der Waals surface area contributed by atoms with E-state index in [4.69, 9.17) is 0 Å². The highest BCUT2D eigenvalue weighted by molar-refractivity contribution is 5.14. The van der Waals surface area contributed by atoms with Gasteiger partial charge in [0.15, 0.2) is 0 Å². The van der Waals surface area contributed by atoms with E-state index < -0.39 is 0 Å². The molecule has 0 heterocycles. The van der Waals surface area contributed by atoms with Crippen molar-refractivity contribution in [2.75, 3.05) is 20.1 Å². The molecule has 1 nitrogen and oxygen atoms in total. The first kappa shape index (κ1) is 40.6. The molecule has 1 heteroatoms. The van der Waals surface area contributed by atoms with Crippen LogP contribution >= 0.6 is 0 Å². The van der Waals surface area contributed by atoms with Crippen molar-refractivity contribution in [1.29, 1.82) is 0 Å². The van der Waals surface area contributed by atoms with Gasteiger partial charge in [-0.25, -0.2) is 0 Å². The maximum Gasteiger partial charge on any atom is -0.00219 e. The summed E-state index contributed by atoms with van der Waals surface area (Å²) in [6, 6.07) is 0. The molecule has 45 heavy (non-hydrogen) atoms. The van der Waals surface area contributed by atoms with E-state index in [-0.39, 0.29) is 0 Å². The summed E-state index contributed by atoms with van der Waals surface area (Å²) in [5, 5.41) is 0. The molecule has 4 aliphatic rings. The van der Waals surface area contributed by atoms with Crippen LogP contribution in [0.1, 0.15) is 178 Å². The predicted octanol–water partition coefficient (Wildman–Crippen LogP) is 13.8. The number of hydrogen-bond acceptors (Lipinski definition) is 1. The average molecular weight is 626 g/mol. The summed E-state index contributed by atoms with van der Waals surface area (Å²) >= 11 is 0. The molecule has 4 aliphatic carbocycles. The van der Waals surface area contributed by atoms with E-state index in [9.17, 15) is 0 Å². The molecule has 4 saturated carbocycles. The first-order valence-corrected chi connectivity index (χ1v) is 20.2. The van der Waals surface area contributed by atoms with Crippen molar-refractivity contribution in [2.45, 2.75) is 178 Å². The number of hydrogen-bond donors (Lipinski definition) is 0. The molecular weight excluding hydrogens is 542 g/mol. The zero-order valence-corrected chi connectivity index (χ0v) is 32.9. The van der Waals surface area contributed by atoms with Gasteiger partial charge in [-0.15, -0.1) is 6.58 Å². The van der Waals surface area contributed by atoms with Crippen LogP contribution in [-0.2, 0) is 0 Å². The fourth-order valence-corrected chi connectivity index (χ4v) is 11.2. The molecule has 264 valence electrons. The van der Waals surface area contributed by atoms with Crippen LogP contribution in [0.5, 0.6) is 0 Å². The van der Waals surface area contributed by atoms with E-state index in [1.54, 1.807) is 19.3 Å². The van der Waals surface area contributed by atoms with Crippen molar-refractivity contribution < 1.29 is 0 Å². The average Bonchev–Trinajstić information content (AvgIpc) is 3.28. The van der Waals surface area contributed by atoms with Crippen LogP contribution in [0.4, 0.5) is 0 Å². The molecule has 0 amide bonds. The minimum absolute atomic E-state index is 0.603. The lowest BCUT2D eigenvalue weighted by Gasteiger charge is -2.61. The second-order valence-electron chi connectivity index (χ2n) is 17.9. The Kier molecular flexibility index (Phi) is 17.5. The fourth-order valence-electron chi connectivity index (χ4n) is 11.2. The van der Waals surface area contributed by atoms with Crippen LogP contribution in [0.25, 0.3) is 0 Å². The Bertz CT molecular complexity index is 843. The van der Waals surface area contributed by atoms with E-state index in [0.29, 0.717) is 10.8 Å². The van der Waals surface area contributed by atoms with Gasteiger partial charge in [-0.05, 0) is 163 Å². The largest absolute Gasteiger partial charge is 0.306 e. The maximum absolute atomic E-state index is 4.57. The first-order chi connectivity index (χ1) is 21.3. The first-order valence-electron chi connectivity index (χ1n) is 20.2. The summed E-state index contributed by atoms with van der Waals surface area (Å²) in [6.45, 7) is 34.3. The van der Waals surface area contributed by atoms with Gasteiger partial charge in [0, 0.05) is 0 Å². The molecule has 0 saturated heterocycles. The number of fused-ring (bicyclic) bond motifs is 5. The lowest BCUT2D eigenvalue weighted by molar-refractivity contribution is -0.123. The second kappa shape index (κ2) is 19.4. The van der Waals surface area contributed by atoms with Crippen LogP contribution in [0, 0.1) is 58.2 Å². The Balaban J connectivity index is 0.000000423. The van der Waals surface area contributed by atoms with E-state index >= 15 is 0 Å². The van der Waals surface area contributed by atoms with Gasteiger partial charge in [0.1, 0.15) is 0 Å². The van der Waals surface area contributed by atoms with Gasteiger partial charge in [-0.1, -0.05) is 111 Å². The highest BCUT2D eigenvalue weighted by Crippen LogP contribution is 2.70. The Morgan fingerprint density at radius 2 is 1.31 bits per heavy atom. The quantitative estimate of drug-likeness (QED) is 0.184. The van der Waals surface area contributed by atoms with Gasteiger partial charge in [0.25, 0.3) is 0 Å². The molecule has 9 unspecified atom stereocenters. The molecule has 9 atom stereocenters. The van der Waals surface area contributed by atoms with Crippen LogP contribution in [0.2, 0.25) is 0 Å². The molecule has 0 aromatic carbocycles. The van der Waals surface area contributed by atoms with Gasteiger partial charge in [-0.2, -0.15) is 0 Å². The fraction of sp³-hybridized carbons (Fsp3) is 0.909. The molecule has 0 spiro atoms. The third-order valence-corrected chi connectivity index (χ3v) is 13.5. The Labute approximate surface area is 285 Å². The standard InChI is InChI=1S/C31H54.C9H21N.C4H8/c1-8-23-20-31(7)27-16-15-24-13-9-10-19-30(24,6)26(27)17-18-28(31)29(23)25(22(4)5)14-11-12-21(2)3;1-4-6-8-10(3)9-7-5-2;1-4(2)3/h21,23-29H,4,8-20H2,1-3,5-7H3;4-9H2,1-3H3;1H2,2-3H3. The van der Waals surface area contributed by atoms with Crippen molar-refractivity contribution in [3.8, 4) is 0 Å². The highest BCUT2D eigenvalue weighted by atomic mass is 15.1. The summed E-state index contributed by atoms with van der Waals surface area (Å²) in [4.78, 5) is 2.42. The molecule has 0 bridgehead atoms. The van der Waals surface area contributed by atoms with Gasteiger partial charge >= 0.3 is 0 Å². The minimum Gasteiger partial charge on any atom is -0.306 e. The van der Waals surface area contributed by atoms with Crippen molar-refractivity contribution >= 4 is 0 Å². The van der Waals surface area contributed by atoms with Crippen LogP contribution in [0.3, 0.4) is 0 Å². The van der Waals surface area contributed by atoms with Crippen molar-refractivity contribution in [2.24, 2.45) is 58.2 Å². The van der Waals surface area contributed by atoms with Crippen LogP contribution < -0.4 is 0 Å². The molecule has 4 fully saturated rings. The van der Waals surface area contributed by atoms with Crippen molar-refractivity contribution in [3.05, 3.63) is 24.3 Å². The topological polar surface area (TPSA) is 3.24 Å². The van der Waals surface area contributed by atoms with E-state index in [0.717, 1.165) is 47.3 Å². The Morgan fingerprint density at radius 1 is 0.756 bits per heavy atom. The van der Waals surface area contributed by atoms with Gasteiger partial charge in [-0.3, -0.25) is 0 Å². The van der Waals surface area contributed by atoms with Gasteiger partial charge in [0.2, 0.25) is 0 Å². The lowest BCUT2D eigenvalue weighted by Crippen LogP contribution is -2.54. The van der Waals surface area contributed by atoms with Crippen molar-refractivity contribution in [1.82, 2.24) is 4.90 Å². The smallest absolute Gasteiger partial charge is 0.00219 e. The summed E-state index contributed by atoms with van der Waals surface area (Å²) in [6.07, 6.45) is 24.7. The Morgan fingerprint density at radius 3 is 1.84 bits per heavy atom. The molecular formula is C44H83N. The number of nitrogens with zero attached hydrogens (tertiary/aromatic N) is 1. The van der Waals surface area contributed by atoms with E-state index in [1.165, 1.54) is 114 Å². The summed E-state index contributed by atoms with van der Waals surface area (Å²) in [5.74, 6) is 7.49. The zero-order chi connectivity index (χ0) is 33.8. The van der Waals surface area contributed by atoms with E-state index in [1.807, 2.05) is 13.8 Å². The second-order valence-corrected chi connectivity index (χ2v) is 17.9. The third kappa shape index (κ3) is 11.0. The van der Waals surface area contributed by atoms with E-state index in [2.05, 4.69) is 80.5 Å². The maximum atomic E-state index is 4.57. The van der Waals surface area contributed by atoms with Crippen LogP contribution in [0.15, 0.2) is 24.3 Å².